The van der Waals surface area contributed by atoms with Gasteiger partial charge in [-0.15, -0.1) is 0 Å². The van der Waals surface area contributed by atoms with Gasteiger partial charge < -0.3 is 10.1 Å². The Morgan fingerprint density at radius 1 is 1.19 bits per heavy atom. The normalized spacial score (nSPS) is 11.8. The first-order valence-corrected chi connectivity index (χ1v) is 7.10. The average molecular weight is 304 g/mol. The van der Waals surface area contributed by atoms with Gasteiger partial charge in [-0.3, -0.25) is 4.79 Å². The zero-order chi connectivity index (χ0) is 15.4. The first kappa shape index (κ1) is 15.4. The van der Waals surface area contributed by atoms with Gasteiger partial charge in [-0.05, 0) is 37.6 Å². The molecule has 0 radical (unpaired) electrons. The molecule has 0 fully saturated rings. The molecule has 0 aromatic heterocycles. The highest BCUT2D eigenvalue weighted by Crippen LogP contribution is 2.25. The molecule has 0 saturated carbocycles. The first-order chi connectivity index (χ1) is 10.0. The Morgan fingerprint density at radius 3 is 2.43 bits per heavy atom. The number of methoxy groups -OCH3 is 1. The zero-order valence-electron chi connectivity index (χ0n) is 12.3. The third-order valence-corrected chi connectivity index (χ3v) is 3.63. The highest BCUT2D eigenvalue weighted by Gasteiger charge is 2.13. The van der Waals surface area contributed by atoms with E-state index in [0.717, 1.165) is 5.56 Å². The van der Waals surface area contributed by atoms with Gasteiger partial charge >= 0.3 is 0 Å². The lowest BCUT2D eigenvalue weighted by Gasteiger charge is -2.15. The first-order valence-electron chi connectivity index (χ1n) is 6.72. The minimum Gasteiger partial charge on any atom is -0.495 e. The van der Waals surface area contributed by atoms with E-state index < -0.39 is 0 Å². The van der Waals surface area contributed by atoms with E-state index in [9.17, 15) is 4.79 Å². The van der Waals surface area contributed by atoms with Crippen LogP contribution in [0, 0.1) is 6.92 Å². The van der Waals surface area contributed by atoms with E-state index in [1.165, 1.54) is 5.56 Å². The number of nitrogens with one attached hydrogen (secondary N) is 1. The Kier molecular flexibility index (Phi) is 4.86. The molecule has 4 heteroatoms. The van der Waals surface area contributed by atoms with Crippen molar-refractivity contribution in [2.45, 2.75) is 19.9 Å². The summed E-state index contributed by atoms with van der Waals surface area (Å²) >= 11 is 6.04. The van der Waals surface area contributed by atoms with Crippen LogP contribution in [-0.4, -0.2) is 13.0 Å². The lowest BCUT2D eigenvalue weighted by molar-refractivity contribution is 0.0940. The molecular formula is C17H18ClNO2. The van der Waals surface area contributed by atoms with Gasteiger partial charge in [0.05, 0.1) is 18.2 Å². The standard InChI is InChI=1S/C17H18ClNO2/c1-11-4-6-13(7-5-11)12(2)19-17(20)14-8-9-16(21-3)15(18)10-14/h4-10,12H,1-3H3,(H,19,20)/t12-/m1/s1. The molecule has 0 spiro atoms. The van der Waals surface area contributed by atoms with Crippen LogP contribution in [0.5, 0.6) is 5.75 Å². The van der Waals surface area contributed by atoms with E-state index in [-0.39, 0.29) is 11.9 Å². The highest BCUT2D eigenvalue weighted by molar-refractivity contribution is 6.32. The summed E-state index contributed by atoms with van der Waals surface area (Å²) in [6.45, 7) is 3.99. The van der Waals surface area contributed by atoms with Crippen molar-refractivity contribution in [1.29, 1.82) is 0 Å². The smallest absolute Gasteiger partial charge is 0.251 e. The van der Waals surface area contributed by atoms with E-state index in [0.29, 0.717) is 16.3 Å². The molecule has 1 amide bonds. The topological polar surface area (TPSA) is 38.3 Å². The summed E-state index contributed by atoms with van der Waals surface area (Å²) in [5.74, 6) is 0.396. The Bertz CT molecular complexity index is 638. The fourth-order valence-corrected chi connectivity index (χ4v) is 2.28. The van der Waals surface area contributed by atoms with E-state index in [1.54, 1.807) is 25.3 Å². The van der Waals surface area contributed by atoms with Gasteiger partial charge in [-0.2, -0.15) is 0 Å². The molecule has 21 heavy (non-hydrogen) atoms. The molecule has 2 rings (SSSR count). The maximum absolute atomic E-state index is 12.2. The van der Waals surface area contributed by atoms with Crippen LogP contribution in [0.3, 0.4) is 0 Å². The van der Waals surface area contributed by atoms with Crippen molar-refractivity contribution in [3.63, 3.8) is 0 Å². The fourth-order valence-electron chi connectivity index (χ4n) is 2.03. The quantitative estimate of drug-likeness (QED) is 0.921. The van der Waals surface area contributed by atoms with Crippen LogP contribution in [0.1, 0.15) is 34.5 Å². The summed E-state index contributed by atoms with van der Waals surface area (Å²) in [4.78, 5) is 12.2. The monoisotopic (exact) mass is 303 g/mol. The Morgan fingerprint density at radius 2 is 1.86 bits per heavy atom. The second-order valence-electron chi connectivity index (χ2n) is 4.96. The number of benzene rings is 2. The third-order valence-electron chi connectivity index (χ3n) is 3.34. The molecule has 0 saturated heterocycles. The molecule has 0 heterocycles. The molecule has 3 nitrogen and oxygen atoms in total. The van der Waals surface area contributed by atoms with Crippen LogP contribution < -0.4 is 10.1 Å². The third kappa shape index (κ3) is 3.76. The van der Waals surface area contributed by atoms with E-state index in [4.69, 9.17) is 16.3 Å². The number of carbonyl (C=O) groups excluding carboxylic acids is 1. The van der Waals surface area contributed by atoms with E-state index >= 15 is 0 Å². The highest BCUT2D eigenvalue weighted by atomic mass is 35.5. The number of rotatable bonds is 4. The average Bonchev–Trinajstić information content (AvgIpc) is 2.47. The Labute approximate surface area is 129 Å². The second kappa shape index (κ2) is 6.64. The maximum atomic E-state index is 12.2. The number of halogens is 1. The van der Waals surface area contributed by atoms with Crippen molar-refractivity contribution in [2.24, 2.45) is 0 Å². The number of carbonyl (C=O) groups is 1. The van der Waals surface area contributed by atoms with Crippen LogP contribution in [0.15, 0.2) is 42.5 Å². The van der Waals surface area contributed by atoms with Crippen molar-refractivity contribution in [1.82, 2.24) is 5.32 Å². The van der Waals surface area contributed by atoms with Crippen molar-refractivity contribution >= 4 is 17.5 Å². The van der Waals surface area contributed by atoms with Crippen molar-refractivity contribution in [3.8, 4) is 5.75 Å². The van der Waals surface area contributed by atoms with Crippen molar-refractivity contribution in [3.05, 3.63) is 64.2 Å². The van der Waals surface area contributed by atoms with Crippen LogP contribution in [0.2, 0.25) is 5.02 Å². The lowest BCUT2D eigenvalue weighted by Crippen LogP contribution is -2.26. The predicted octanol–water partition coefficient (Wildman–Crippen LogP) is 4.15. The number of amides is 1. The van der Waals surface area contributed by atoms with Crippen molar-refractivity contribution in [2.75, 3.05) is 7.11 Å². The molecule has 0 aliphatic heterocycles. The van der Waals surface area contributed by atoms with Gasteiger partial charge in [0.1, 0.15) is 5.75 Å². The van der Waals surface area contributed by atoms with Crippen LogP contribution in [0.25, 0.3) is 0 Å². The molecular weight excluding hydrogens is 286 g/mol. The summed E-state index contributed by atoms with van der Waals surface area (Å²) in [5.41, 5.74) is 2.77. The van der Waals surface area contributed by atoms with Gasteiger partial charge in [-0.25, -0.2) is 0 Å². The molecule has 2 aromatic carbocycles. The van der Waals surface area contributed by atoms with Gasteiger partial charge in [0.15, 0.2) is 0 Å². The number of hydrogen-bond acceptors (Lipinski definition) is 2. The van der Waals surface area contributed by atoms with Crippen LogP contribution >= 0.6 is 11.6 Å². The predicted molar refractivity (Wildman–Crippen MR) is 85.1 cm³/mol. The minimum atomic E-state index is -0.160. The molecule has 110 valence electrons. The molecule has 0 aliphatic rings. The minimum absolute atomic E-state index is 0.0704. The second-order valence-corrected chi connectivity index (χ2v) is 5.36. The summed E-state index contributed by atoms with van der Waals surface area (Å²) in [6, 6.07) is 13.0. The van der Waals surface area contributed by atoms with Gasteiger partial charge in [0.2, 0.25) is 0 Å². The van der Waals surface area contributed by atoms with E-state index in [1.807, 2.05) is 38.1 Å². The Hall–Kier alpha value is -2.00. The summed E-state index contributed by atoms with van der Waals surface area (Å²) in [5, 5.41) is 3.38. The lowest BCUT2D eigenvalue weighted by atomic mass is 10.1. The summed E-state index contributed by atoms with van der Waals surface area (Å²) in [6.07, 6.45) is 0. The van der Waals surface area contributed by atoms with E-state index in [2.05, 4.69) is 5.32 Å². The van der Waals surface area contributed by atoms with Gasteiger partial charge in [0, 0.05) is 5.56 Å². The number of aryl methyl sites for hydroxylation is 1. The van der Waals surface area contributed by atoms with Crippen LogP contribution in [-0.2, 0) is 0 Å². The molecule has 0 aliphatic carbocycles. The molecule has 1 N–H and O–H groups in total. The number of ether oxygens (including phenoxy) is 1. The largest absolute Gasteiger partial charge is 0.495 e. The molecule has 0 bridgehead atoms. The SMILES string of the molecule is COc1ccc(C(=O)N[C@H](C)c2ccc(C)cc2)cc1Cl. The molecule has 1 atom stereocenters. The number of hydrogen-bond donors (Lipinski definition) is 1. The Balaban J connectivity index is 2.10. The maximum Gasteiger partial charge on any atom is 0.251 e. The van der Waals surface area contributed by atoms with Gasteiger partial charge in [-0.1, -0.05) is 41.4 Å². The molecule has 0 unspecified atom stereocenters. The van der Waals surface area contributed by atoms with Gasteiger partial charge in [0.25, 0.3) is 5.91 Å². The summed E-state index contributed by atoms with van der Waals surface area (Å²) < 4.78 is 5.08. The summed E-state index contributed by atoms with van der Waals surface area (Å²) in [7, 11) is 1.54. The zero-order valence-corrected chi connectivity index (χ0v) is 13.1. The molecule has 2 aromatic rings. The fraction of sp³-hybridized carbons (Fsp3) is 0.235. The van der Waals surface area contributed by atoms with Crippen LogP contribution in [0.4, 0.5) is 0 Å². The van der Waals surface area contributed by atoms with Crippen molar-refractivity contribution < 1.29 is 9.53 Å².